The lowest BCUT2D eigenvalue weighted by Gasteiger charge is -2.39. The number of piperidine rings is 1. The summed E-state index contributed by atoms with van der Waals surface area (Å²) in [5.41, 5.74) is 0. The van der Waals surface area contributed by atoms with Crippen molar-refractivity contribution in [1.82, 2.24) is 9.80 Å². The number of likely N-dealkylation sites (tertiary alicyclic amines) is 2. The maximum absolute atomic E-state index is 13.5. The Labute approximate surface area is 137 Å². The summed E-state index contributed by atoms with van der Waals surface area (Å²) < 4.78 is 19.1. The van der Waals surface area contributed by atoms with E-state index in [-0.39, 0.29) is 23.6 Å². The fourth-order valence-electron chi connectivity index (χ4n) is 3.43. The highest BCUT2D eigenvalue weighted by Crippen LogP contribution is 2.24. The van der Waals surface area contributed by atoms with Crippen molar-refractivity contribution < 1.29 is 13.9 Å². The highest BCUT2D eigenvalue weighted by molar-refractivity contribution is 5.77. The van der Waals surface area contributed by atoms with Crippen LogP contribution < -0.4 is 4.74 Å². The average molecular weight is 320 g/mol. The summed E-state index contributed by atoms with van der Waals surface area (Å²) in [7, 11) is 2.15. The maximum atomic E-state index is 13.5. The van der Waals surface area contributed by atoms with Crippen molar-refractivity contribution in [3.63, 3.8) is 0 Å². The number of para-hydroxylation sites is 1. The number of carbonyl (C=O) groups is 1. The molecule has 4 nitrogen and oxygen atoms in total. The van der Waals surface area contributed by atoms with Gasteiger partial charge < -0.3 is 14.5 Å². The molecule has 2 aliphatic heterocycles. The van der Waals surface area contributed by atoms with Crippen LogP contribution in [0.15, 0.2) is 24.3 Å². The summed E-state index contributed by atoms with van der Waals surface area (Å²) in [6.07, 6.45) is 3.97. The number of halogens is 1. The van der Waals surface area contributed by atoms with Crippen LogP contribution in [0.2, 0.25) is 0 Å². The van der Waals surface area contributed by atoms with Crippen LogP contribution >= 0.6 is 0 Å². The molecule has 0 N–H and O–H groups in total. The standard InChI is InChI=1S/C18H25FN2O2/c1-20-10-4-5-14(11-20)8-9-18(22)21-12-15(13-21)23-17-7-3-2-6-16(17)19/h2-3,6-7,14-15H,4-5,8-13H2,1H3/t14-/m1/s1. The third kappa shape index (κ3) is 4.22. The van der Waals surface area contributed by atoms with Crippen molar-refractivity contribution in [3.05, 3.63) is 30.1 Å². The van der Waals surface area contributed by atoms with Crippen LogP contribution in [0.5, 0.6) is 5.75 Å². The molecule has 23 heavy (non-hydrogen) atoms. The molecule has 2 heterocycles. The third-order valence-corrected chi connectivity index (χ3v) is 4.82. The minimum atomic E-state index is -0.348. The van der Waals surface area contributed by atoms with Crippen LogP contribution in [-0.4, -0.2) is 55.0 Å². The molecule has 0 saturated carbocycles. The van der Waals surface area contributed by atoms with Crippen LogP contribution in [0.3, 0.4) is 0 Å². The van der Waals surface area contributed by atoms with Gasteiger partial charge in [0.1, 0.15) is 6.10 Å². The zero-order valence-electron chi connectivity index (χ0n) is 13.7. The Morgan fingerprint density at radius 2 is 2.09 bits per heavy atom. The molecule has 1 atom stereocenters. The Hall–Kier alpha value is -1.62. The van der Waals surface area contributed by atoms with Gasteiger partial charge in [-0.05, 0) is 50.9 Å². The van der Waals surface area contributed by atoms with Crippen molar-refractivity contribution in [1.29, 1.82) is 0 Å². The molecule has 1 amide bonds. The monoisotopic (exact) mass is 320 g/mol. The molecule has 0 bridgehead atoms. The first kappa shape index (κ1) is 16.2. The SMILES string of the molecule is CN1CCC[C@H](CCC(=O)N2CC(Oc3ccccc3F)C2)C1. The van der Waals surface area contributed by atoms with Crippen LogP contribution in [0.4, 0.5) is 4.39 Å². The highest BCUT2D eigenvalue weighted by Gasteiger charge is 2.32. The second kappa shape index (κ2) is 7.30. The topological polar surface area (TPSA) is 32.8 Å². The fraction of sp³-hybridized carbons (Fsp3) is 0.611. The Morgan fingerprint density at radius 1 is 1.30 bits per heavy atom. The van der Waals surface area contributed by atoms with Gasteiger partial charge in [0.25, 0.3) is 0 Å². The van der Waals surface area contributed by atoms with E-state index in [1.165, 1.54) is 25.5 Å². The lowest BCUT2D eigenvalue weighted by molar-refractivity contribution is -0.140. The molecule has 0 aliphatic carbocycles. The van der Waals surface area contributed by atoms with Crippen molar-refractivity contribution >= 4 is 5.91 Å². The number of nitrogens with zero attached hydrogens (tertiary/aromatic N) is 2. The number of hydrogen-bond donors (Lipinski definition) is 0. The fourth-order valence-corrected chi connectivity index (χ4v) is 3.43. The summed E-state index contributed by atoms with van der Waals surface area (Å²) in [5.74, 6) is 0.768. The first-order valence-electron chi connectivity index (χ1n) is 8.49. The van der Waals surface area contributed by atoms with Gasteiger partial charge in [0.05, 0.1) is 13.1 Å². The van der Waals surface area contributed by atoms with Gasteiger partial charge in [-0.3, -0.25) is 4.79 Å². The molecule has 126 valence electrons. The number of carbonyl (C=O) groups excluding carboxylic acids is 1. The normalized spacial score (nSPS) is 22.7. The van der Waals surface area contributed by atoms with Crippen LogP contribution in [0.25, 0.3) is 0 Å². The maximum Gasteiger partial charge on any atom is 0.222 e. The van der Waals surface area contributed by atoms with E-state index in [0.717, 1.165) is 13.0 Å². The van der Waals surface area contributed by atoms with Crippen LogP contribution in [0.1, 0.15) is 25.7 Å². The van der Waals surface area contributed by atoms with E-state index in [1.807, 2.05) is 4.90 Å². The van der Waals surface area contributed by atoms with Gasteiger partial charge in [0, 0.05) is 13.0 Å². The van der Waals surface area contributed by atoms with Crippen molar-refractivity contribution in [2.45, 2.75) is 31.8 Å². The average Bonchev–Trinajstić information content (AvgIpc) is 2.50. The smallest absolute Gasteiger partial charge is 0.222 e. The predicted octanol–water partition coefficient (Wildman–Crippen LogP) is 2.54. The molecular formula is C18H25FN2O2. The van der Waals surface area contributed by atoms with Crippen molar-refractivity contribution in [2.24, 2.45) is 5.92 Å². The summed E-state index contributed by atoms with van der Waals surface area (Å²) in [6.45, 7) is 3.41. The van der Waals surface area contributed by atoms with Gasteiger partial charge >= 0.3 is 0 Å². The van der Waals surface area contributed by atoms with E-state index in [1.54, 1.807) is 18.2 Å². The summed E-state index contributed by atoms with van der Waals surface area (Å²) >= 11 is 0. The van der Waals surface area contributed by atoms with E-state index < -0.39 is 0 Å². The number of ether oxygens (including phenoxy) is 1. The van der Waals surface area contributed by atoms with Gasteiger partial charge in [0.2, 0.25) is 5.91 Å². The first-order valence-corrected chi connectivity index (χ1v) is 8.49. The van der Waals surface area contributed by atoms with Crippen LogP contribution in [-0.2, 0) is 4.79 Å². The van der Waals surface area contributed by atoms with E-state index >= 15 is 0 Å². The van der Waals surface area contributed by atoms with Crippen molar-refractivity contribution in [2.75, 3.05) is 33.2 Å². The van der Waals surface area contributed by atoms with Crippen LogP contribution in [0, 0.1) is 11.7 Å². The minimum absolute atomic E-state index is 0.0864. The second-order valence-corrected chi connectivity index (χ2v) is 6.78. The molecule has 1 aromatic rings. The molecule has 3 rings (SSSR count). The van der Waals surface area contributed by atoms with Gasteiger partial charge in [-0.1, -0.05) is 12.1 Å². The summed E-state index contributed by atoms with van der Waals surface area (Å²) in [4.78, 5) is 16.4. The van der Waals surface area contributed by atoms with Gasteiger partial charge in [-0.15, -0.1) is 0 Å². The second-order valence-electron chi connectivity index (χ2n) is 6.78. The van der Waals surface area contributed by atoms with Gasteiger partial charge in [-0.25, -0.2) is 4.39 Å². The molecule has 2 saturated heterocycles. The first-order chi connectivity index (χ1) is 11.1. The highest BCUT2D eigenvalue weighted by atomic mass is 19.1. The molecule has 2 aliphatic rings. The number of hydrogen-bond acceptors (Lipinski definition) is 3. The van der Waals surface area contributed by atoms with E-state index in [4.69, 9.17) is 4.74 Å². The molecule has 5 heteroatoms. The van der Waals surface area contributed by atoms with Gasteiger partial charge in [0.15, 0.2) is 11.6 Å². The Morgan fingerprint density at radius 3 is 2.83 bits per heavy atom. The molecule has 1 aromatic carbocycles. The minimum Gasteiger partial charge on any atom is -0.484 e. The van der Waals surface area contributed by atoms with E-state index in [9.17, 15) is 9.18 Å². The Kier molecular flexibility index (Phi) is 5.16. The Balaban J connectivity index is 1.37. The lowest BCUT2D eigenvalue weighted by Crippen LogP contribution is -2.56. The predicted molar refractivity (Wildman–Crippen MR) is 86.9 cm³/mol. The molecule has 2 fully saturated rings. The quantitative estimate of drug-likeness (QED) is 0.836. The number of amides is 1. The lowest BCUT2D eigenvalue weighted by atomic mass is 9.93. The molecule has 0 spiro atoms. The number of benzene rings is 1. The summed E-state index contributed by atoms with van der Waals surface area (Å²) in [6, 6.07) is 6.40. The summed E-state index contributed by atoms with van der Waals surface area (Å²) in [5, 5.41) is 0. The largest absolute Gasteiger partial charge is 0.484 e. The van der Waals surface area contributed by atoms with E-state index in [2.05, 4.69) is 11.9 Å². The molecule has 0 radical (unpaired) electrons. The van der Waals surface area contributed by atoms with E-state index in [0.29, 0.717) is 25.4 Å². The Bertz CT molecular complexity index is 546. The van der Waals surface area contributed by atoms with Gasteiger partial charge in [-0.2, -0.15) is 0 Å². The number of rotatable bonds is 5. The third-order valence-electron chi connectivity index (χ3n) is 4.82. The zero-order chi connectivity index (χ0) is 16.2. The molecular weight excluding hydrogens is 295 g/mol. The van der Waals surface area contributed by atoms with Crippen molar-refractivity contribution in [3.8, 4) is 5.75 Å². The molecule has 0 unspecified atom stereocenters. The zero-order valence-corrected chi connectivity index (χ0v) is 13.7. The molecule has 0 aromatic heterocycles.